The van der Waals surface area contributed by atoms with Crippen molar-refractivity contribution in [1.82, 2.24) is 14.3 Å². The van der Waals surface area contributed by atoms with Crippen LogP contribution < -0.4 is 0 Å². The normalized spacial score (nSPS) is 22.3. The van der Waals surface area contributed by atoms with Crippen LogP contribution in [0.5, 0.6) is 0 Å². The summed E-state index contributed by atoms with van der Waals surface area (Å²) in [6.45, 7) is 1.87. The van der Waals surface area contributed by atoms with Gasteiger partial charge in [0.15, 0.2) is 0 Å². The summed E-state index contributed by atoms with van der Waals surface area (Å²) >= 11 is 0. The highest BCUT2D eigenvalue weighted by atomic mass is 16.2. The number of benzene rings is 1. The summed E-state index contributed by atoms with van der Waals surface area (Å²) in [5.41, 5.74) is 3.57. The number of fused-ring (bicyclic) bond motifs is 2. The van der Waals surface area contributed by atoms with E-state index in [1.54, 1.807) is 0 Å². The van der Waals surface area contributed by atoms with Gasteiger partial charge in [0.25, 0.3) is 5.91 Å². The van der Waals surface area contributed by atoms with Crippen LogP contribution in [0.2, 0.25) is 0 Å². The van der Waals surface area contributed by atoms with Crippen molar-refractivity contribution in [2.45, 2.75) is 6.42 Å². The number of carbonyl (C=O) groups excluding carboxylic acids is 1. The Bertz CT molecular complexity index is 871. The minimum absolute atomic E-state index is 0.155. The first-order valence-corrected chi connectivity index (χ1v) is 8.11. The van der Waals surface area contributed by atoms with Crippen molar-refractivity contribution in [2.75, 3.05) is 13.1 Å². The van der Waals surface area contributed by atoms with Gasteiger partial charge in [-0.2, -0.15) is 0 Å². The minimum Gasteiger partial charge on any atom is -0.338 e. The smallest absolute Gasteiger partial charge is 0.253 e. The molecular formula is C19H17N3O. The number of amides is 1. The first-order valence-electron chi connectivity index (χ1n) is 8.11. The number of hydrogen-bond donors (Lipinski definition) is 0. The molecule has 3 aromatic rings. The van der Waals surface area contributed by atoms with Crippen LogP contribution in [-0.4, -0.2) is 33.3 Å². The van der Waals surface area contributed by atoms with E-state index in [0.29, 0.717) is 0 Å². The fourth-order valence-corrected chi connectivity index (χ4v) is 3.63. The Kier molecular flexibility index (Phi) is 2.62. The molecule has 23 heavy (non-hydrogen) atoms. The Hall–Kier alpha value is -2.62. The average Bonchev–Trinajstić information content (AvgIpc) is 3.01. The van der Waals surface area contributed by atoms with Gasteiger partial charge in [-0.15, -0.1) is 0 Å². The summed E-state index contributed by atoms with van der Waals surface area (Å²) in [7, 11) is 0. The summed E-state index contributed by atoms with van der Waals surface area (Å²) in [6.07, 6.45) is 5.30. The molecule has 2 fully saturated rings. The van der Waals surface area contributed by atoms with E-state index in [9.17, 15) is 4.79 Å². The number of likely N-dealkylation sites (tertiary alicyclic amines) is 1. The number of hydrogen-bond acceptors (Lipinski definition) is 2. The van der Waals surface area contributed by atoms with Crippen LogP contribution in [0.25, 0.3) is 16.9 Å². The van der Waals surface area contributed by atoms with Gasteiger partial charge in [-0.25, -0.2) is 4.98 Å². The molecule has 0 N–H and O–H groups in total. The molecule has 1 aliphatic heterocycles. The second-order valence-electron chi connectivity index (χ2n) is 6.64. The third kappa shape index (κ3) is 2.13. The maximum absolute atomic E-state index is 12.7. The van der Waals surface area contributed by atoms with Crippen molar-refractivity contribution >= 4 is 11.6 Å². The van der Waals surface area contributed by atoms with Crippen LogP contribution in [0.3, 0.4) is 0 Å². The largest absolute Gasteiger partial charge is 0.338 e. The number of aromatic nitrogens is 2. The average molecular weight is 303 g/mol. The maximum Gasteiger partial charge on any atom is 0.253 e. The van der Waals surface area contributed by atoms with Gasteiger partial charge in [0.1, 0.15) is 5.65 Å². The van der Waals surface area contributed by atoms with Crippen LogP contribution in [-0.2, 0) is 0 Å². The molecule has 0 spiro atoms. The van der Waals surface area contributed by atoms with E-state index in [4.69, 9.17) is 0 Å². The van der Waals surface area contributed by atoms with E-state index in [1.165, 1.54) is 6.42 Å². The molecule has 1 aliphatic carbocycles. The lowest BCUT2D eigenvalue weighted by Gasteiger charge is -2.18. The van der Waals surface area contributed by atoms with Crippen LogP contribution in [0.15, 0.2) is 54.9 Å². The van der Waals surface area contributed by atoms with E-state index in [-0.39, 0.29) is 5.91 Å². The zero-order valence-electron chi connectivity index (χ0n) is 12.7. The SMILES string of the molecule is O=C(c1cccc(-c2cn3ccccc3n2)c1)N1CC2C[C@@H]2C1. The molecule has 1 aromatic carbocycles. The quantitative estimate of drug-likeness (QED) is 0.729. The van der Waals surface area contributed by atoms with E-state index in [2.05, 4.69) is 4.98 Å². The monoisotopic (exact) mass is 303 g/mol. The second-order valence-corrected chi connectivity index (χ2v) is 6.64. The molecule has 4 heteroatoms. The summed E-state index contributed by atoms with van der Waals surface area (Å²) < 4.78 is 2.00. The summed E-state index contributed by atoms with van der Waals surface area (Å²) in [6, 6.07) is 13.8. The maximum atomic E-state index is 12.7. The van der Waals surface area contributed by atoms with Gasteiger partial charge in [-0.3, -0.25) is 4.79 Å². The lowest BCUT2D eigenvalue weighted by atomic mass is 10.1. The molecule has 2 aliphatic rings. The van der Waals surface area contributed by atoms with Gasteiger partial charge in [0.2, 0.25) is 0 Å². The van der Waals surface area contributed by atoms with E-state index in [0.717, 1.165) is 47.4 Å². The van der Waals surface area contributed by atoms with Crippen molar-refractivity contribution in [2.24, 2.45) is 11.8 Å². The Morgan fingerprint density at radius 1 is 1.09 bits per heavy atom. The number of pyridine rings is 1. The van der Waals surface area contributed by atoms with Crippen LogP contribution >= 0.6 is 0 Å². The molecular weight excluding hydrogens is 286 g/mol. The summed E-state index contributed by atoms with van der Waals surface area (Å²) in [5.74, 6) is 1.68. The number of nitrogens with zero attached hydrogens (tertiary/aromatic N) is 3. The molecule has 1 saturated carbocycles. The Labute approximate surface area is 134 Å². The van der Waals surface area contributed by atoms with E-state index < -0.39 is 0 Å². The number of rotatable bonds is 2. The first kappa shape index (κ1) is 12.9. The minimum atomic E-state index is 0.155. The van der Waals surface area contributed by atoms with Crippen molar-refractivity contribution < 1.29 is 4.79 Å². The molecule has 2 atom stereocenters. The van der Waals surface area contributed by atoms with Gasteiger partial charge in [0.05, 0.1) is 5.69 Å². The molecule has 4 nitrogen and oxygen atoms in total. The Balaban J connectivity index is 1.48. The number of carbonyl (C=O) groups is 1. The van der Waals surface area contributed by atoms with Crippen LogP contribution in [0.4, 0.5) is 0 Å². The first-order chi connectivity index (χ1) is 11.3. The summed E-state index contributed by atoms with van der Waals surface area (Å²) in [4.78, 5) is 19.3. The highest BCUT2D eigenvalue weighted by Gasteiger charge is 2.46. The molecule has 1 unspecified atom stereocenters. The van der Waals surface area contributed by atoms with Crippen molar-refractivity contribution in [1.29, 1.82) is 0 Å². The Morgan fingerprint density at radius 2 is 1.96 bits per heavy atom. The van der Waals surface area contributed by atoms with Crippen molar-refractivity contribution in [3.8, 4) is 11.3 Å². The van der Waals surface area contributed by atoms with Gasteiger partial charge in [-0.05, 0) is 42.5 Å². The molecule has 5 rings (SSSR count). The van der Waals surface area contributed by atoms with Gasteiger partial charge in [-0.1, -0.05) is 18.2 Å². The lowest BCUT2D eigenvalue weighted by molar-refractivity contribution is 0.0775. The highest BCUT2D eigenvalue weighted by molar-refractivity contribution is 5.95. The van der Waals surface area contributed by atoms with Crippen molar-refractivity contribution in [3.63, 3.8) is 0 Å². The zero-order valence-corrected chi connectivity index (χ0v) is 12.7. The van der Waals surface area contributed by atoms with Crippen LogP contribution in [0, 0.1) is 11.8 Å². The molecule has 3 heterocycles. The summed E-state index contributed by atoms with van der Waals surface area (Å²) in [5, 5.41) is 0. The fraction of sp³-hybridized carbons (Fsp3) is 0.263. The van der Waals surface area contributed by atoms with E-state index >= 15 is 0 Å². The number of imidazole rings is 1. The number of piperidine rings is 1. The molecule has 0 bridgehead atoms. The molecule has 0 radical (unpaired) electrons. The zero-order chi connectivity index (χ0) is 15.4. The second kappa shape index (κ2) is 4.69. The standard InChI is InChI=1S/C19H17N3O/c23-19(22-10-15-9-16(15)11-22)14-5-3-4-13(8-14)17-12-21-7-2-1-6-18(21)20-17/h1-8,12,15-16H,9-11H2/t15-,16?/m1/s1. The fourth-order valence-electron chi connectivity index (χ4n) is 3.63. The van der Waals surface area contributed by atoms with Crippen LogP contribution in [0.1, 0.15) is 16.8 Å². The molecule has 1 saturated heterocycles. The topological polar surface area (TPSA) is 37.6 Å². The third-order valence-electron chi connectivity index (χ3n) is 5.04. The highest BCUT2D eigenvalue weighted by Crippen LogP contribution is 2.45. The lowest BCUT2D eigenvalue weighted by Crippen LogP contribution is -2.30. The van der Waals surface area contributed by atoms with Gasteiger partial charge < -0.3 is 9.30 Å². The van der Waals surface area contributed by atoms with Gasteiger partial charge >= 0.3 is 0 Å². The molecule has 114 valence electrons. The third-order valence-corrected chi connectivity index (χ3v) is 5.04. The Morgan fingerprint density at radius 3 is 2.78 bits per heavy atom. The van der Waals surface area contributed by atoms with Gasteiger partial charge in [0, 0.05) is 36.6 Å². The van der Waals surface area contributed by atoms with E-state index in [1.807, 2.05) is 64.2 Å². The predicted octanol–water partition coefficient (Wildman–Crippen LogP) is 3.09. The predicted molar refractivity (Wildman–Crippen MR) is 88.1 cm³/mol. The van der Waals surface area contributed by atoms with Crippen molar-refractivity contribution in [3.05, 3.63) is 60.4 Å². The molecule has 2 aromatic heterocycles. The molecule has 1 amide bonds.